The molecule has 1 aromatic carbocycles. The molecule has 0 bridgehead atoms. The van der Waals surface area contributed by atoms with E-state index in [1.165, 1.54) is 12.1 Å². The van der Waals surface area contributed by atoms with Crippen molar-refractivity contribution in [1.82, 2.24) is 5.32 Å². The van der Waals surface area contributed by atoms with E-state index in [0.717, 1.165) is 0 Å². The van der Waals surface area contributed by atoms with E-state index in [0.29, 0.717) is 25.2 Å². The Balaban J connectivity index is 2.00. The van der Waals surface area contributed by atoms with Gasteiger partial charge in [-0.2, -0.15) is 0 Å². The van der Waals surface area contributed by atoms with Gasteiger partial charge in [0.1, 0.15) is 11.9 Å². The molecule has 2 atom stereocenters. The summed E-state index contributed by atoms with van der Waals surface area (Å²) in [7, 11) is 0. The van der Waals surface area contributed by atoms with Crippen LogP contribution in [0.2, 0.25) is 0 Å². The van der Waals surface area contributed by atoms with Gasteiger partial charge in [-0.15, -0.1) is 0 Å². The lowest BCUT2D eigenvalue weighted by molar-refractivity contribution is -0.129. The molecule has 0 unspecified atom stereocenters. The van der Waals surface area contributed by atoms with E-state index >= 15 is 0 Å². The Kier molecular flexibility index (Phi) is 4.68. The summed E-state index contributed by atoms with van der Waals surface area (Å²) in [6.45, 7) is 0.903. The second-order valence-corrected chi connectivity index (χ2v) is 4.86. The van der Waals surface area contributed by atoms with Gasteiger partial charge < -0.3 is 15.8 Å². The molecule has 1 aliphatic rings. The van der Waals surface area contributed by atoms with Gasteiger partial charge in [0.25, 0.3) is 0 Å². The first-order valence-corrected chi connectivity index (χ1v) is 6.48. The Morgan fingerprint density at radius 1 is 1.50 bits per heavy atom. The largest absolute Gasteiger partial charge is 0.381 e. The van der Waals surface area contributed by atoms with E-state index in [9.17, 15) is 14.0 Å². The third kappa shape index (κ3) is 3.77. The number of carbonyl (C=O) groups is 2. The lowest BCUT2D eigenvalue weighted by atomic mass is 10.0. The Bertz CT molecular complexity index is 501. The predicted molar refractivity (Wildman–Crippen MR) is 70.2 cm³/mol. The highest BCUT2D eigenvalue weighted by atomic mass is 19.1. The second kappa shape index (κ2) is 6.47. The minimum atomic E-state index is -0.843. The molecule has 0 radical (unpaired) electrons. The first-order valence-electron chi connectivity index (χ1n) is 6.48. The normalized spacial score (nSPS) is 19.6. The van der Waals surface area contributed by atoms with Gasteiger partial charge in [-0.05, 0) is 24.1 Å². The molecule has 1 heterocycles. The monoisotopic (exact) mass is 280 g/mol. The number of benzene rings is 1. The number of nitrogens with one attached hydrogen (secondary N) is 1. The van der Waals surface area contributed by atoms with Crippen molar-refractivity contribution in [1.29, 1.82) is 0 Å². The molecule has 2 rings (SSSR count). The maximum absolute atomic E-state index is 13.1. The van der Waals surface area contributed by atoms with Crippen LogP contribution in [0.4, 0.5) is 4.39 Å². The SMILES string of the molecule is NC(=O)[C@@H](Cc1cccc(F)c1)NC(=O)[C@H]1CCOC1. The van der Waals surface area contributed by atoms with Crippen molar-refractivity contribution in [2.24, 2.45) is 11.7 Å². The van der Waals surface area contributed by atoms with Crippen molar-refractivity contribution in [2.75, 3.05) is 13.2 Å². The van der Waals surface area contributed by atoms with Crippen LogP contribution < -0.4 is 11.1 Å². The molecule has 1 saturated heterocycles. The van der Waals surface area contributed by atoms with Crippen molar-refractivity contribution >= 4 is 11.8 Å². The summed E-state index contributed by atoms with van der Waals surface area (Å²) < 4.78 is 18.2. The smallest absolute Gasteiger partial charge is 0.240 e. The summed E-state index contributed by atoms with van der Waals surface area (Å²) in [5, 5.41) is 2.61. The zero-order valence-corrected chi connectivity index (χ0v) is 11.0. The topological polar surface area (TPSA) is 81.4 Å². The van der Waals surface area contributed by atoms with Gasteiger partial charge >= 0.3 is 0 Å². The van der Waals surface area contributed by atoms with E-state index in [4.69, 9.17) is 10.5 Å². The van der Waals surface area contributed by atoms with Crippen LogP contribution in [0.3, 0.4) is 0 Å². The second-order valence-electron chi connectivity index (χ2n) is 4.86. The summed E-state index contributed by atoms with van der Waals surface area (Å²) >= 11 is 0. The van der Waals surface area contributed by atoms with E-state index in [-0.39, 0.29) is 24.1 Å². The highest BCUT2D eigenvalue weighted by Crippen LogP contribution is 2.13. The molecule has 0 aliphatic carbocycles. The lowest BCUT2D eigenvalue weighted by Gasteiger charge is -2.17. The maximum atomic E-state index is 13.1. The quantitative estimate of drug-likeness (QED) is 0.818. The van der Waals surface area contributed by atoms with Crippen LogP contribution in [0.25, 0.3) is 0 Å². The fourth-order valence-corrected chi connectivity index (χ4v) is 2.15. The molecular weight excluding hydrogens is 263 g/mol. The molecule has 1 aromatic rings. The zero-order valence-electron chi connectivity index (χ0n) is 11.0. The van der Waals surface area contributed by atoms with Gasteiger partial charge in [-0.3, -0.25) is 9.59 Å². The first kappa shape index (κ1) is 14.5. The molecule has 0 saturated carbocycles. The van der Waals surface area contributed by atoms with E-state index in [1.54, 1.807) is 12.1 Å². The third-order valence-corrected chi connectivity index (χ3v) is 3.29. The number of rotatable bonds is 5. The fraction of sp³-hybridized carbons (Fsp3) is 0.429. The number of primary amides is 1. The van der Waals surface area contributed by atoms with Crippen molar-refractivity contribution in [3.63, 3.8) is 0 Å². The van der Waals surface area contributed by atoms with Crippen LogP contribution in [0.5, 0.6) is 0 Å². The zero-order chi connectivity index (χ0) is 14.5. The number of hydrogen-bond donors (Lipinski definition) is 2. The van der Waals surface area contributed by atoms with Gasteiger partial charge in [0, 0.05) is 13.0 Å². The summed E-state index contributed by atoms with van der Waals surface area (Å²) in [6, 6.07) is 5.03. The number of amides is 2. The molecule has 20 heavy (non-hydrogen) atoms. The van der Waals surface area contributed by atoms with Crippen LogP contribution in [0.1, 0.15) is 12.0 Å². The number of hydrogen-bond acceptors (Lipinski definition) is 3. The molecule has 1 fully saturated rings. The Hall–Kier alpha value is -1.95. The van der Waals surface area contributed by atoms with Crippen LogP contribution in [-0.4, -0.2) is 31.1 Å². The number of ether oxygens (including phenoxy) is 1. The van der Waals surface area contributed by atoms with Gasteiger partial charge in [0.05, 0.1) is 12.5 Å². The van der Waals surface area contributed by atoms with Gasteiger partial charge in [-0.25, -0.2) is 4.39 Å². The third-order valence-electron chi connectivity index (χ3n) is 3.29. The molecule has 5 nitrogen and oxygen atoms in total. The van der Waals surface area contributed by atoms with Crippen LogP contribution in [0.15, 0.2) is 24.3 Å². The van der Waals surface area contributed by atoms with Gasteiger partial charge in [-0.1, -0.05) is 12.1 Å². The van der Waals surface area contributed by atoms with Crippen molar-refractivity contribution in [3.8, 4) is 0 Å². The molecular formula is C14H17FN2O3. The standard InChI is InChI=1S/C14H17FN2O3/c15-11-3-1-2-9(6-11)7-12(13(16)18)17-14(19)10-4-5-20-8-10/h1-3,6,10,12H,4-5,7-8H2,(H2,16,18)(H,17,19)/t10-,12+/m0/s1. The van der Waals surface area contributed by atoms with Crippen LogP contribution >= 0.6 is 0 Å². The average Bonchev–Trinajstić information content (AvgIpc) is 2.91. The average molecular weight is 280 g/mol. The van der Waals surface area contributed by atoms with Gasteiger partial charge in [0.2, 0.25) is 11.8 Å². The van der Waals surface area contributed by atoms with Crippen LogP contribution in [0, 0.1) is 11.7 Å². The molecule has 0 aromatic heterocycles. The van der Waals surface area contributed by atoms with Crippen molar-refractivity contribution < 1.29 is 18.7 Å². The minimum absolute atomic E-state index is 0.173. The van der Waals surface area contributed by atoms with Crippen molar-refractivity contribution in [3.05, 3.63) is 35.6 Å². The first-order chi connectivity index (χ1) is 9.56. The predicted octanol–water partition coefficient (Wildman–Crippen LogP) is 0.375. The highest BCUT2D eigenvalue weighted by molar-refractivity contribution is 5.87. The Morgan fingerprint density at radius 3 is 2.90 bits per heavy atom. The van der Waals surface area contributed by atoms with E-state index in [1.807, 2.05) is 0 Å². The highest BCUT2D eigenvalue weighted by Gasteiger charge is 2.27. The fourth-order valence-electron chi connectivity index (χ4n) is 2.15. The summed E-state index contributed by atoms with van der Waals surface area (Å²) in [4.78, 5) is 23.4. The summed E-state index contributed by atoms with van der Waals surface area (Å²) in [6.07, 6.45) is 0.809. The number of halogens is 1. The van der Waals surface area contributed by atoms with E-state index < -0.39 is 11.9 Å². The minimum Gasteiger partial charge on any atom is -0.381 e. The molecule has 2 amide bonds. The maximum Gasteiger partial charge on any atom is 0.240 e. The molecule has 1 aliphatic heterocycles. The van der Waals surface area contributed by atoms with E-state index in [2.05, 4.69) is 5.32 Å². The molecule has 0 spiro atoms. The van der Waals surface area contributed by atoms with Crippen LogP contribution in [-0.2, 0) is 20.7 Å². The van der Waals surface area contributed by atoms with Gasteiger partial charge in [0.15, 0.2) is 0 Å². The Morgan fingerprint density at radius 2 is 2.30 bits per heavy atom. The number of carbonyl (C=O) groups excluding carboxylic acids is 2. The lowest BCUT2D eigenvalue weighted by Crippen LogP contribution is -2.48. The van der Waals surface area contributed by atoms with Crippen molar-refractivity contribution in [2.45, 2.75) is 18.9 Å². The molecule has 108 valence electrons. The summed E-state index contributed by atoms with van der Waals surface area (Å²) in [5.41, 5.74) is 5.90. The summed E-state index contributed by atoms with van der Waals surface area (Å²) in [5.74, 6) is -1.52. The molecule has 6 heteroatoms. The number of nitrogens with two attached hydrogens (primary N) is 1. The molecule has 3 N–H and O–H groups in total. The Labute approximate surface area is 116 Å².